The van der Waals surface area contributed by atoms with Crippen LogP contribution >= 0.6 is 0 Å². The Hall–Kier alpha value is -2.99. The fourth-order valence-electron chi connectivity index (χ4n) is 3.61. The number of rotatable bonds is 7. The number of carbonyl (C=O) groups is 2. The van der Waals surface area contributed by atoms with Gasteiger partial charge in [0.15, 0.2) is 0 Å². The number of carbonyl (C=O) groups excluding carboxylic acids is 2. The number of amides is 1. The predicted octanol–water partition coefficient (Wildman–Crippen LogP) is 3.15. The van der Waals surface area contributed by atoms with E-state index in [0.29, 0.717) is 24.3 Å². The molecule has 1 aliphatic heterocycles. The molecule has 0 spiro atoms. The summed E-state index contributed by atoms with van der Waals surface area (Å²) in [6.07, 6.45) is 1.63. The van der Waals surface area contributed by atoms with Crippen molar-refractivity contribution in [2.75, 3.05) is 26.2 Å². The SMILES string of the molecule is CCN(CC)CCN1C(=O)C(=O)/C(=C(/O)c2ccc(C)cc2)[C@H]1c1ccccn1. The molecule has 6 heteroatoms. The molecular formula is C23H27N3O3. The van der Waals surface area contributed by atoms with Gasteiger partial charge in [0.05, 0.1) is 11.3 Å². The number of hydrogen-bond acceptors (Lipinski definition) is 5. The minimum Gasteiger partial charge on any atom is -0.507 e. The highest BCUT2D eigenvalue weighted by molar-refractivity contribution is 6.46. The molecule has 0 unspecified atom stereocenters. The minimum absolute atomic E-state index is 0.0945. The van der Waals surface area contributed by atoms with Crippen LogP contribution in [0.25, 0.3) is 5.76 Å². The van der Waals surface area contributed by atoms with Crippen molar-refractivity contribution in [2.24, 2.45) is 0 Å². The summed E-state index contributed by atoms with van der Waals surface area (Å²) in [6, 6.07) is 11.9. The molecule has 1 atom stereocenters. The van der Waals surface area contributed by atoms with Crippen molar-refractivity contribution in [3.8, 4) is 0 Å². The van der Waals surface area contributed by atoms with E-state index in [1.807, 2.05) is 25.1 Å². The summed E-state index contributed by atoms with van der Waals surface area (Å²) in [5.41, 5.74) is 2.22. The Morgan fingerprint density at radius 2 is 1.79 bits per heavy atom. The molecule has 0 saturated carbocycles. The van der Waals surface area contributed by atoms with Crippen molar-refractivity contribution < 1.29 is 14.7 Å². The average Bonchev–Trinajstić information content (AvgIpc) is 3.00. The maximum atomic E-state index is 12.9. The molecule has 1 aromatic carbocycles. The summed E-state index contributed by atoms with van der Waals surface area (Å²) >= 11 is 0. The third-order valence-electron chi connectivity index (χ3n) is 5.38. The fraction of sp³-hybridized carbons (Fsp3) is 0.348. The van der Waals surface area contributed by atoms with Crippen molar-refractivity contribution in [3.63, 3.8) is 0 Å². The van der Waals surface area contributed by atoms with Gasteiger partial charge in [-0.05, 0) is 32.1 Å². The molecule has 29 heavy (non-hydrogen) atoms. The normalized spacial score (nSPS) is 18.6. The van der Waals surface area contributed by atoms with Gasteiger partial charge in [-0.15, -0.1) is 0 Å². The van der Waals surface area contributed by atoms with E-state index in [4.69, 9.17) is 0 Å². The quantitative estimate of drug-likeness (QED) is 0.444. The molecule has 0 aliphatic carbocycles. The lowest BCUT2D eigenvalue weighted by molar-refractivity contribution is -0.140. The smallest absolute Gasteiger partial charge is 0.295 e. The standard InChI is InChI=1S/C23H27N3O3/c1-4-25(5-2)14-15-26-20(18-8-6-7-13-24-18)19(22(28)23(26)29)21(27)17-11-9-16(3)10-12-17/h6-13,20,27H,4-5,14-15H2,1-3H3/b21-19+/t20-/m1/s1. The first-order valence-electron chi connectivity index (χ1n) is 9.96. The average molecular weight is 393 g/mol. The molecule has 1 amide bonds. The van der Waals surface area contributed by atoms with Crippen molar-refractivity contribution >= 4 is 17.4 Å². The number of likely N-dealkylation sites (tertiary alicyclic amines) is 1. The Morgan fingerprint density at radius 1 is 1.10 bits per heavy atom. The number of aliphatic hydroxyl groups excluding tert-OH is 1. The predicted molar refractivity (Wildman–Crippen MR) is 112 cm³/mol. The van der Waals surface area contributed by atoms with Crippen LogP contribution in [-0.2, 0) is 9.59 Å². The van der Waals surface area contributed by atoms with Crippen LogP contribution in [0.3, 0.4) is 0 Å². The van der Waals surface area contributed by atoms with E-state index in [9.17, 15) is 14.7 Å². The number of Topliss-reactive ketones (excluding diaryl/α,β-unsaturated/α-hetero) is 1. The molecule has 1 saturated heterocycles. The zero-order chi connectivity index (χ0) is 21.0. The number of ketones is 1. The Balaban J connectivity index is 2.06. The monoisotopic (exact) mass is 393 g/mol. The van der Waals surface area contributed by atoms with Gasteiger partial charge in [-0.25, -0.2) is 0 Å². The Morgan fingerprint density at radius 3 is 2.38 bits per heavy atom. The number of benzene rings is 1. The topological polar surface area (TPSA) is 73.7 Å². The van der Waals surface area contributed by atoms with E-state index < -0.39 is 17.7 Å². The lowest BCUT2D eigenvalue weighted by atomic mass is 9.98. The summed E-state index contributed by atoms with van der Waals surface area (Å²) in [4.78, 5) is 33.9. The van der Waals surface area contributed by atoms with Gasteiger partial charge in [-0.1, -0.05) is 49.7 Å². The number of likely N-dealkylation sites (N-methyl/N-ethyl adjacent to an activating group) is 1. The number of hydrogen-bond donors (Lipinski definition) is 1. The van der Waals surface area contributed by atoms with E-state index in [1.54, 1.807) is 30.5 Å². The van der Waals surface area contributed by atoms with E-state index >= 15 is 0 Å². The molecule has 0 radical (unpaired) electrons. The van der Waals surface area contributed by atoms with E-state index in [0.717, 1.165) is 18.7 Å². The summed E-state index contributed by atoms with van der Waals surface area (Å²) in [7, 11) is 0. The molecule has 1 aliphatic rings. The third kappa shape index (κ3) is 4.22. The molecule has 2 heterocycles. The number of aryl methyl sites for hydroxylation is 1. The second kappa shape index (κ2) is 9.01. The molecule has 0 bridgehead atoms. The van der Waals surface area contributed by atoms with Crippen LogP contribution in [0, 0.1) is 6.92 Å². The number of nitrogens with zero attached hydrogens (tertiary/aromatic N) is 3. The van der Waals surface area contributed by atoms with Gasteiger partial charge in [0.1, 0.15) is 11.8 Å². The first-order chi connectivity index (χ1) is 14.0. The molecule has 1 aromatic heterocycles. The lowest BCUT2D eigenvalue weighted by Crippen LogP contribution is -2.38. The van der Waals surface area contributed by atoms with Gasteiger partial charge in [0.25, 0.3) is 11.7 Å². The summed E-state index contributed by atoms with van der Waals surface area (Å²) in [5.74, 6) is -1.43. The van der Waals surface area contributed by atoms with Gasteiger partial charge < -0.3 is 14.9 Å². The van der Waals surface area contributed by atoms with Crippen molar-refractivity contribution in [1.29, 1.82) is 0 Å². The Labute approximate surface area is 171 Å². The van der Waals surface area contributed by atoms with Gasteiger partial charge in [0.2, 0.25) is 0 Å². The van der Waals surface area contributed by atoms with Crippen molar-refractivity contribution in [1.82, 2.24) is 14.8 Å². The van der Waals surface area contributed by atoms with Crippen molar-refractivity contribution in [2.45, 2.75) is 26.8 Å². The second-order valence-corrected chi connectivity index (χ2v) is 7.14. The lowest BCUT2D eigenvalue weighted by Gasteiger charge is -2.27. The molecule has 1 fully saturated rings. The molecule has 3 rings (SSSR count). The van der Waals surface area contributed by atoms with Gasteiger partial charge in [-0.2, -0.15) is 0 Å². The van der Waals surface area contributed by atoms with Crippen LogP contribution in [0.5, 0.6) is 0 Å². The van der Waals surface area contributed by atoms with Crippen LogP contribution in [0.2, 0.25) is 0 Å². The summed E-state index contributed by atoms with van der Waals surface area (Å²) < 4.78 is 0. The molecule has 1 N–H and O–H groups in total. The molecule has 152 valence electrons. The first kappa shape index (κ1) is 20.7. The summed E-state index contributed by atoms with van der Waals surface area (Å²) in [5, 5.41) is 11.0. The van der Waals surface area contributed by atoms with Gasteiger partial charge in [-0.3, -0.25) is 14.6 Å². The Bertz CT molecular complexity index is 903. The molecule has 6 nitrogen and oxygen atoms in total. The first-order valence-corrected chi connectivity index (χ1v) is 9.96. The highest BCUT2D eigenvalue weighted by Gasteiger charge is 2.46. The highest BCUT2D eigenvalue weighted by Crippen LogP contribution is 2.38. The highest BCUT2D eigenvalue weighted by atomic mass is 16.3. The van der Waals surface area contributed by atoms with Crippen LogP contribution in [0.1, 0.15) is 36.7 Å². The van der Waals surface area contributed by atoms with Crippen LogP contribution in [0.4, 0.5) is 0 Å². The van der Waals surface area contributed by atoms with Gasteiger partial charge in [0, 0.05) is 24.8 Å². The fourth-order valence-corrected chi connectivity index (χ4v) is 3.61. The van der Waals surface area contributed by atoms with E-state index in [1.165, 1.54) is 4.90 Å². The number of aliphatic hydroxyl groups is 1. The zero-order valence-corrected chi connectivity index (χ0v) is 17.1. The largest absolute Gasteiger partial charge is 0.507 e. The number of aromatic nitrogens is 1. The zero-order valence-electron chi connectivity index (χ0n) is 17.1. The van der Waals surface area contributed by atoms with Crippen LogP contribution in [-0.4, -0.2) is 57.8 Å². The minimum atomic E-state index is -0.701. The van der Waals surface area contributed by atoms with Crippen molar-refractivity contribution in [3.05, 3.63) is 71.1 Å². The maximum Gasteiger partial charge on any atom is 0.295 e. The maximum absolute atomic E-state index is 12.9. The van der Waals surface area contributed by atoms with Crippen LogP contribution < -0.4 is 0 Å². The Kier molecular flexibility index (Phi) is 6.44. The second-order valence-electron chi connectivity index (χ2n) is 7.14. The van der Waals surface area contributed by atoms with E-state index in [2.05, 4.69) is 23.7 Å². The number of pyridine rings is 1. The molecular weight excluding hydrogens is 366 g/mol. The van der Waals surface area contributed by atoms with Crippen LogP contribution in [0.15, 0.2) is 54.2 Å². The van der Waals surface area contributed by atoms with Gasteiger partial charge >= 0.3 is 0 Å². The summed E-state index contributed by atoms with van der Waals surface area (Å²) in [6.45, 7) is 8.82. The van der Waals surface area contributed by atoms with E-state index in [-0.39, 0.29) is 11.3 Å². The third-order valence-corrected chi connectivity index (χ3v) is 5.38. The molecule has 2 aromatic rings.